The first kappa shape index (κ1) is 18.4. The topological polar surface area (TPSA) is 61.3 Å². The van der Waals surface area contributed by atoms with E-state index >= 15 is 0 Å². The Kier molecular flexibility index (Phi) is 6.11. The van der Waals surface area contributed by atoms with E-state index in [1.54, 1.807) is 24.5 Å². The summed E-state index contributed by atoms with van der Waals surface area (Å²) in [5.74, 6) is 0.458. The monoisotopic (exact) mass is 408 g/mol. The second kappa shape index (κ2) is 8.31. The lowest BCUT2D eigenvalue weighted by molar-refractivity contribution is -0.127. The minimum atomic E-state index is -1.11. The van der Waals surface area contributed by atoms with E-state index < -0.39 is 5.72 Å². The molecule has 25 heavy (non-hydrogen) atoms. The summed E-state index contributed by atoms with van der Waals surface area (Å²) in [7, 11) is 0. The Morgan fingerprint density at radius 3 is 2.44 bits per heavy atom. The summed E-state index contributed by atoms with van der Waals surface area (Å²) in [5.41, 5.74) is -0.377. The van der Waals surface area contributed by atoms with Gasteiger partial charge in [0.15, 0.2) is 0 Å². The fourth-order valence-corrected chi connectivity index (χ4v) is 3.40. The summed E-state index contributed by atoms with van der Waals surface area (Å²) in [4.78, 5) is 10.6. The summed E-state index contributed by atoms with van der Waals surface area (Å²) in [5, 5.41) is 14.7. The van der Waals surface area contributed by atoms with E-state index in [4.69, 9.17) is 0 Å². The predicted molar refractivity (Wildman–Crippen MR) is 97.4 cm³/mol. The zero-order chi connectivity index (χ0) is 17.7. The number of hydrogen-bond acceptors (Lipinski definition) is 5. The van der Waals surface area contributed by atoms with Crippen LogP contribution in [0.4, 0.5) is 4.39 Å². The van der Waals surface area contributed by atoms with Gasteiger partial charge in [0.1, 0.15) is 17.4 Å². The van der Waals surface area contributed by atoms with Crippen LogP contribution in [-0.4, -0.2) is 46.2 Å². The van der Waals surface area contributed by atoms with Gasteiger partial charge in [-0.25, -0.2) is 14.4 Å². The molecule has 1 atom stereocenters. The van der Waals surface area contributed by atoms with Crippen LogP contribution in [0.25, 0.3) is 0 Å². The summed E-state index contributed by atoms with van der Waals surface area (Å²) in [6.07, 6.45) is 5.41. The zero-order valence-electron chi connectivity index (χ0n) is 14.0. The number of rotatable bonds is 6. The van der Waals surface area contributed by atoms with Crippen molar-refractivity contribution in [3.63, 3.8) is 0 Å². The van der Waals surface area contributed by atoms with Crippen LogP contribution in [0.1, 0.15) is 24.2 Å². The first-order valence-corrected chi connectivity index (χ1v) is 9.28. The van der Waals surface area contributed by atoms with Crippen LogP contribution in [0, 0.1) is 5.82 Å². The Morgan fingerprint density at radius 1 is 1.16 bits per heavy atom. The molecule has 0 saturated carbocycles. The Hall–Kier alpha value is -1.41. The normalized spacial score (nSPS) is 18.0. The van der Waals surface area contributed by atoms with Gasteiger partial charge < -0.3 is 10.4 Å². The lowest BCUT2D eigenvalue weighted by Crippen LogP contribution is -2.54. The quantitative estimate of drug-likeness (QED) is 0.768. The molecule has 0 spiro atoms. The maximum absolute atomic E-state index is 13.3. The molecule has 0 radical (unpaired) electrons. The minimum Gasteiger partial charge on any atom is -0.371 e. The molecule has 0 bridgehead atoms. The third-order valence-corrected chi connectivity index (χ3v) is 4.96. The van der Waals surface area contributed by atoms with Crippen molar-refractivity contribution in [2.24, 2.45) is 0 Å². The Morgan fingerprint density at radius 2 is 1.80 bits per heavy atom. The van der Waals surface area contributed by atoms with Gasteiger partial charge in [0.25, 0.3) is 0 Å². The molecule has 1 aromatic carbocycles. The molecular weight excluding hydrogens is 387 g/mol. The highest BCUT2D eigenvalue weighted by Crippen LogP contribution is 2.31. The van der Waals surface area contributed by atoms with E-state index in [0.29, 0.717) is 12.8 Å². The maximum atomic E-state index is 13.3. The molecule has 1 fully saturated rings. The van der Waals surface area contributed by atoms with Gasteiger partial charge in [-0.3, -0.25) is 4.90 Å². The minimum absolute atomic E-state index is 0.297. The van der Waals surface area contributed by atoms with Crippen molar-refractivity contribution in [3.8, 4) is 0 Å². The van der Waals surface area contributed by atoms with Gasteiger partial charge in [0, 0.05) is 45.0 Å². The molecule has 3 rings (SSSR count). The van der Waals surface area contributed by atoms with Crippen LogP contribution in [-0.2, 0) is 12.1 Å². The maximum Gasteiger partial charge on any atom is 0.144 e. The van der Waals surface area contributed by atoms with Crippen LogP contribution in [0.3, 0.4) is 0 Å². The number of aliphatic hydroxyl groups is 1. The first-order chi connectivity index (χ1) is 12.1. The fourth-order valence-electron chi connectivity index (χ4n) is 3.20. The molecule has 0 aliphatic carbocycles. The average Bonchev–Trinajstić information content (AvgIpc) is 2.64. The van der Waals surface area contributed by atoms with Crippen LogP contribution in [0.5, 0.6) is 0 Å². The standard InChI is InChI=1S/C18H22BrFN4O/c19-15-12-22-17(23-13-15)2-1-7-18(25,24-10-8-21-9-11-24)14-3-5-16(20)6-4-14/h3-6,12-13,21,25H,1-2,7-11H2. The summed E-state index contributed by atoms with van der Waals surface area (Å²) in [6, 6.07) is 6.15. The molecule has 2 heterocycles. The molecule has 1 aliphatic rings. The van der Waals surface area contributed by atoms with Crippen molar-refractivity contribution in [3.05, 3.63) is 58.3 Å². The number of halogens is 2. The first-order valence-electron chi connectivity index (χ1n) is 8.48. The van der Waals surface area contributed by atoms with Crippen LogP contribution >= 0.6 is 15.9 Å². The molecular formula is C18H22BrFN4O. The number of nitrogens with one attached hydrogen (secondary N) is 1. The highest BCUT2D eigenvalue weighted by atomic mass is 79.9. The molecule has 134 valence electrons. The fraction of sp³-hybridized carbons (Fsp3) is 0.444. The van der Waals surface area contributed by atoms with Crippen LogP contribution < -0.4 is 5.32 Å². The van der Waals surface area contributed by atoms with Gasteiger partial charge in [-0.15, -0.1) is 0 Å². The molecule has 5 nitrogen and oxygen atoms in total. The third-order valence-electron chi connectivity index (χ3n) is 4.55. The molecule has 2 aromatic rings. The van der Waals surface area contributed by atoms with Crippen molar-refractivity contribution in [1.29, 1.82) is 0 Å². The third kappa shape index (κ3) is 4.61. The number of aromatic nitrogens is 2. The number of hydrogen-bond donors (Lipinski definition) is 2. The van der Waals surface area contributed by atoms with E-state index in [-0.39, 0.29) is 5.82 Å². The van der Waals surface area contributed by atoms with Crippen molar-refractivity contribution in [2.75, 3.05) is 26.2 Å². The Labute approximate surface area is 155 Å². The highest BCUT2D eigenvalue weighted by molar-refractivity contribution is 9.10. The predicted octanol–water partition coefficient (Wildman–Crippen LogP) is 2.45. The van der Waals surface area contributed by atoms with Gasteiger partial charge in [0.2, 0.25) is 0 Å². The van der Waals surface area contributed by atoms with Gasteiger partial charge in [-0.1, -0.05) is 12.1 Å². The van der Waals surface area contributed by atoms with Crippen molar-refractivity contribution >= 4 is 15.9 Å². The Balaban J connectivity index is 1.73. The van der Waals surface area contributed by atoms with E-state index in [0.717, 1.165) is 48.5 Å². The number of piperazine rings is 1. The summed E-state index contributed by atoms with van der Waals surface area (Å²) in [6.45, 7) is 3.17. The second-order valence-corrected chi connectivity index (χ2v) is 7.15. The van der Waals surface area contributed by atoms with Gasteiger partial charge >= 0.3 is 0 Å². The zero-order valence-corrected chi connectivity index (χ0v) is 15.5. The molecule has 1 unspecified atom stereocenters. The number of nitrogens with zero attached hydrogens (tertiary/aromatic N) is 3. The molecule has 7 heteroatoms. The largest absolute Gasteiger partial charge is 0.371 e. The molecule has 1 aromatic heterocycles. The lowest BCUT2D eigenvalue weighted by Gasteiger charge is -2.42. The van der Waals surface area contributed by atoms with Gasteiger partial charge in [0.05, 0.1) is 4.47 Å². The van der Waals surface area contributed by atoms with E-state index in [1.807, 2.05) is 0 Å². The second-order valence-electron chi connectivity index (χ2n) is 6.23. The van der Waals surface area contributed by atoms with Crippen molar-refractivity contribution < 1.29 is 9.50 Å². The summed E-state index contributed by atoms with van der Waals surface area (Å²) >= 11 is 3.33. The van der Waals surface area contributed by atoms with E-state index in [2.05, 4.69) is 36.1 Å². The van der Waals surface area contributed by atoms with Crippen molar-refractivity contribution in [1.82, 2.24) is 20.2 Å². The van der Waals surface area contributed by atoms with Crippen molar-refractivity contribution in [2.45, 2.75) is 25.0 Å². The van der Waals surface area contributed by atoms with Crippen LogP contribution in [0.15, 0.2) is 41.1 Å². The summed E-state index contributed by atoms with van der Waals surface area (Å²) < 4.78 is 14.1. The van der Waals surface area contributed by atoms with Gasteiger partial charge in [-0.05, 0) is 46.5 Å². The Bertz CT molecular complexity index is 676. The van der Waals surface area contributed by atoms with Gasteiger partial charge in [-0.2, -0.15) is 0 Å². The molecule has 0 amide bonds. The average molecular weight is 409 g/mol. The lowest BCUT2D eigenvalue weighted by atomic mass is 9.94. The highest BCUT2D eigenvalue weighted by Gasteiger charge is 2.36. The molecule has 2 N–H and O–H groups in total. The smallest absolute Gasteiger partial charge is 0.144 e. The van der Waals surface area contributed by atoms with E-state index in [9.17, 15) is 9.50 Å². The van der Waals surface area contributed by atoms with E-state index in [1.165, 1.54) is 12.1 Å². The molecule has 1 saturated heterocycles. The van der Waals surface area contributed by atoms with Crippen LogP contribution in [0.2, 0.25) is 0 Å². The SMILES string of the molecule is OC(CCCc1ncc(Br)cn1)(c1ccc(F)cc1)N1CCNCC1. The molecule has 1 aliphatic heterocycles. The number of benzene rings is 1. The number of aryl methyl sites for hydroxylation is 1.